The minimum Gasteiger partial charge on any atom is -0.267 e. The van der Waals surface area contributed by atoms with Crippen molar-refractivity contribution in [2.75, 3.05) is 0 Å². The molecule has 0 saturated heterocycles. The van der Waals surface area contributed by atoms with E-state index < -0.39 is 0 Å². The lowest BCUT2D eigenvalue weighted by atomic mass is 10.1. The number of pyridine rings is 1. The number of nitrogens with one attached hydrogen (secondary N) is 1. The number of benzene rings is 2. The van der Waals surface area contributed by atoms with Gasteiger partial charge in [-0.15, -0.1) is 0 Å². The highest BCUT2D eigenvalue weighted by Crippen LogP contribution is 2.20. The van der Waals surface area contributed by atoms with Crippen LogP contribution in [0.1, 0.15) is 21.5 Å². The molecule has 2 heterocycles. The molecule has 0 aliphatic rings. The van der Waals surface area contributed by atoms with Crippen molar-refractivity contribution in [3.63, 3.8) is 0 Å². The molecule has 0 spiro atoms. The van der Waals surface area contributed by atoms with Crippen molar-refractivity contribution >= 4 is 23.7 Å². The van der Waals surface area contributed by atoms with Crippen LogP contribution in [0, 0.1) is 0 Å². The molecule has 0 saturated carbocycles. The van der Waals surface area contributed by atoms with Gasteiger partial charge in [0.15, 0.2) is 0 Å². The monoisotopic (exact) mass is 415 g/mol. The molecule has 2 aromatic carbocycles. The molecule has 6 nitrogen and oxygen atoms in total. The topological polar surface area (TPSA) is 72.2 Å². The van der Waals surface area contributed by atoms with Crippen LogP contribution in [0.4, 0.5) is 0 Å². The normalized spacial score (nSPS) is 11.0. The Bertz CT molecular complexity index is 1160. The van der Waals surface area contributed by atoms with Crippen molar-refractivity contribution < 1.29 is 4.79 Å². The van der Waals surface area contributed by atoms with Gasteiger partial charge in [-0.2, -0.15) is 10.2 Å². The van der Waals surface area contributed by atoms with E-state index in [0.29, 0.717) is 17.1 Å². The van der Waals surface area contributed by atoms with E-state index in [1.54, 1.807) is 42.9 Å². The molecule has 0 radical (unpaired) electrons. The Morgan fingerprint density at radius 3 is 2.60 bits per heavy atom. The predicted molar refractivity (Wildman–Crippen MR) is 118 cm³/mol. The number of hydrogen-bond acceptors (Lipinski definition) is 4. The molecule has 0 bridgehead atoms. The number of hydrogen-bond donors (Lipinski definition) is 1. The van der Waals surface area contributed by atoms with Crippen molar-refractivity contribution in [3.8, 4) is 11.3 Å². The summed E-state index contributed by atoms with van der Waals surface area (Å²) in [5.74, 6) is -0.317. The highest BCUT2D eigenvalue weighted by molar-refractivity contribution is 6.30. The molecule has 4 rings (SSSR count). The van der Waals surface area contributed by atoms with Gasteiger partial charge in [0.25, 0.3) is 5.91 Å². The van der Waals surface area contributed by atoms with E-state index in [4.69, 9.17) is 16.7 Å². The number of amides is 1. The number of aromatic nitrogens is 3. The number of halogens is 1. The van der Waals surface area contributed by atoms with Gasteiger partial charge in [0, 0.05) is 40.3 Å². The molecule has 0 unspecified atom stereocenters. The minimum atomic E-state index is -0.317. The first-order valence-electron chi connectivity index (χ1n) is 9.30. The number of carbonyl (C=O) groups is 1. The predicted octanol–water partition coefficient (Wildman–Crippen LogP) is 4.41. The average molecular weight is 416 g/mol. The first-order valence-corrected chi connectivity index (χ1v) is 9.67. The lowest BCUT2D eigenvalue weighted by Crippen LogP contribution is -2.17. The summed E-state index contributed by atoms with van der Waals surface area (Å²) in [6.45, 7) is 0.624. The van der Waals surface area contributed by atoms with Crippen LogP contribution in [0.25, 0.3) is 11.3 Å². The van der Waals surface area contributed by atoms with Crippen LogP contribution in [-0.2, 0) is 6.54 Å². The number of rotatable bonds is 6. The van der Waals surface area contributed by atoms with E-state index in [1.807, 2.05) is 53.3 Å². The molecule has 0 aliphatic carbocycles. The summed E-state index contributed by atoms with van der Waals surface area (Å²) in [5, 5.41) is 9.39. The van der Waals surface area contributed by atoms with Crippen molar-refractivity contribution in [2.24, 2.45) is 5.10 Å². The summed E-state index contributed by atoms with van der Waals surface area (Å²) in [6, 6.07) is 20.5. The summed E-state index contributed by atoms with van der Waals surface area (Å²) < 4.78 is 1.85. The molecule has 0 aliphatic heterocycles. The van der Waals surface area contributed by atoms with Gasteiger partial charge in [-0.25, -0.2) is 5.43 Å². The third kappa shape index (κ3) is 4.79. The zero-order valence-electron chi connectivity index (χ0n) is 15.9. The van der Waals surface area contributed by atoms with Crippen LogP contribution in [0.5, 0.6) is 0 Å². The van der Waals surface area contributed by atoms with Crippen molar-refractivity contribution in [3.05, 3.63) is 107 Å². The summed E-state index contributed by atoms with van der Waals surface area (Å²) in [4.78, 5) is 16.4. The molecule has 0 fully saturated rings. The van der Waals surface area contributed by atoms with E-state index in [2.05, 4.69) is 15.5 Å². The molecule has 30 heavy (non-hydrogen) atoms. The first kappa shape index (κ1) is 19.5. The van der Waals surface area contributed by atoms with Crippen LogP contribution in [0.2, 0.25) is 5.02 Å². The Morgan fingerprint density at radius 1 is 1.07 bits per heavy atom. The number of carbonyl (C=O) groups excluding carboxylic acids is 1. The molecule has 1 amide bonds. The largest absolute Gasteiger partial charge is 0.271 e. The van der Waals surface area contributed by atoms with Gasteiger partial charge in [0.2, 0.25) is 0 Å². The molecule has 148 valence electrons. The zero-order valence-corrected chi connectivity index (χ0v) is 16.7. The molecule has 2 aromatic heterocycles. The smallest absolute Gasteiger partial charge is 0.267 e. The second-order valence-electron chi connectivity index (χ2n) is 6.56. The standard InChI is InChI=1S/C23H18ClN5O/c24-21-10-8-18(9-11-21)23(30)27-26-14-20-16-29(15-17-5-2-1-3-6-17)28-22(20)19-7-4-12-25-13-19/h1-14,16H,15H2,(H,27,30)/b26-14-. The average Bonchev–Trinajstić information content (AvgIpc) is 3.18. The van der Waals surface area contributed by atoms with Gasteiger partial charge in [-0.1, -0.05) is 41.9 Å². The van der Waals surface area contributed by atoms with E-state index in [0.717, 1.165) is 22.4 Å². The molecular formula is C23H18ClN5O. The summed E-state index contributed by atoms with van der Waals surface area (Å²) in [5.41, 5.74) is 6.53. The van der Waals surface area contributed by atoms with Gasteiger partial charge < -0.3 is 0 Å². The van der Waals surface area contributed by atoms with Crippen molar-refractivity contribution in [1.29, 1.82) is 0 Å². The van der Waals surface area contributed by atoms with Gasteiger partial charge in [0.05, 0.1) is 12.8 Å². The fourth-order valence-electron chi connectivity index (χ4n) is 2.94. The number of hydrazone groups is 1. The fourth-order valence-corrected chi connectivity index (χ4v) is 3.06. The van der Waals surface area contributed by atoms with E-state index in [1.165, 1.54) is 0 Å². The maximum Gasteiger partial charge on any atom is 0.271 e. The Hall–Kier alpha value is -3.77. The van der Waals surface area contributed by atoms with Gasteiger partial charge in [-0.05, 0) is 42.0 Å². The lowest BCUT2D eigenvalue weighted by Gasteiger charge is -2.01. The quantitative estimate of drug-likeness (QED) is 0.374. The molecule has 7 heteroatoms. The van der Waals surface area contributed by atoms with E-state index in [9.17, 15) is 4.79 Å². The Kier molecular flexibility index (Phi) is 5.96. The maximum absolute atomic E-state index is 12.2. The van der Waals surface area contributed by atoms with Gasteiger partial charge >= 0.3 is 0 Å². The van der Waals surface area contributed by atoms with Crippen LogP contribution in [-0.4, -0.2) is 26.9 Å². The second kappa shape index (κ2) is 9.15. The minimum absolute atomic E-state index is 0.317. The highest BCUT2D eigenvalue weighted by Gasteiger charge is 2.11. The van der Waals surface area contributed by atoms with Crippen LogP contribution in [0.3, 0.4) is 0 Å². The van der Waals surface area contributed by atoms with E-state index >= 15 is 0 Å². The second-order valence-corrected chi connectivity index (χ2v) is 7.00. The fraction of sp³-hybridized carbons (Fsp3) is 0.0435. The highest BCUT2D eigenvalue weighted by atomic mass is 35.5. The Balaban J connectivity index is 1.56. The number of nitrogens with zero attached hydrogens (tertiary/aromatic N) is 4. The van der Waals surface area contributed by atoms with Crippen molar-refractivity contribution in [2.45, 2.75) is 6.54 Å². The van der Waals surface area contributed by atoms with Crippen LogP contribution in [0.15, 0.2) is 90.4 Å². The van der Waals surface area contributed by atoms with Crippen LogP contribution < -0.4 is 5.43 Å². The third-order valence-corrected chi connectivity index (χ3v) is 4.64. The van der Waals surface area contributed by atoms with Gasteiger partial charge in [-0.3, -0.25) is 14.5 Å². The molecule has 4 aromatic rings. The lowest BCUT2D eigenvalue weighted by molar-refractivity contribution is 0.0955. The summed E-state index contributed by atoms with van der Waals surface area (Å²) in [6.07, 6.45) is 6.95. The first-order chi connectivity index (χ1) is 14.7. The van der Waals surface area contributed by atoms with Crippen LogP contribution >= 0.6 is 11.6 Å². The SMILES string of the molecule is O=C(N/N=C\c1cn(Cc2ccccc2)nc1-c1cccnc1)c1ccc(Cl)cc1. The molecular weight excluding hydrogens is 398 g/mol. The van der Waals surface area contributed by atoms with Gasteiger partial charge in [0.1, 0.15) is 5.69 Å². The summed E-state index contributed by atoms with van der Waals surface area (Å²) >= 11 is 5.86. The Labute approximate surface area is 178 Å². The maximum atomic E-state index is 12.2. The summed E-state index contributed by atoms with van der Waals surface area (Å²) in [7, 11) is 0. The van der Waals surface area contributed by atoms with E-state index in [-0.39, 0.29) is 5.91 Å². The van der Waals surface area contributed by atoms with Crippen molar-refractivity contribution in [1.82, 2.24) is 20.2 Å². The zero-order chi connectivity index (χ0) is 20.8. The third-order valence-electron chi connectivity index (χ3n) is 4.39. The Morgan fingerprint density at radius 2 is 1.87 bits per heavy atom. The molecule has 1 N–H and O–H groups in total. The molecule has 0 atom stereocenters.